The predicted octanol–water partition coefficient (Wildman–Crippen LogP) is 4.58. The molecule has 0 saturated heterocycles. The molecule has 1 fully saturated rings. The van der Waals surface area contributed by atoms with Gasteiger partial charge in [-0.2, -0.15) is 0 Å². The Labute approximate surface area is 186 Å². The first-order valence-corrected chi connectivity index (χ1v) is 10.9. The standard InChI is InChI=1S/C20H36N4OS.HI/c1-5-25-13-11-20(9-6-7-10-20)15-23-19(21-4)22-12-8-17-14-26-18(24-17)16(2)3;/h14,16H,5-13,15H2,1-4H3,(H2,21,22,23);1H. The molecule has 0 spiro atoms. The summed E-state index contributed by atoms with van der Waals surface area (Å²) < 4.78 is 5.61. The molecule has 27 heavy (non-hydrogen) atoms. The van der Waals surface area contributed by atoms with Crippen molar-refractivity contribution in [2.45, 2.75) is 65.2 Å². The van der Waals surface area contributed by atoms with Gasteiger partial charge in [-0.1, -0.05) is 26.7 Å². The Morgan fingerprint density at radius 3 is 2.67 bits per heavy atom. The summed E-state index contributed by atoms with van der Waals surface area (Å²) in [5, 5.41) is 10.4. The van der Waals surface area contributed by atoms with Crippen LogP contribution in [0.4, 0.5) is 0 Å². The van der Waals surface area contributed by atoms with Crippen LogP contribution in [-0.4, -0.2) is 44.3 Å². The van der Waals surface area contributed by atoms with Gasteiger partial charge in [-0.15, -0.1) is 35.3 Å². The first kappa shape index (κ1) is 24.6. The number of hydrogen-bond donors (Lipinski definition) is 2. The van der Waals surface area contributed by atoms with Crippen LogP contribution in [0.3, 0.4) is 0 Å². The highest BCUT2D eigenvalue weighted by molar-refractivity contribution is 14.0. The summed E-state index contributed by atoms with van der Waals surface area (Å²) in [5.74, 6) is 1.41. The summed E-state index contributed by atoms with van der Waals surface area (Å²) >= 11 is 1.76. The summed E-state index contributed by atoms with van der Waals surface area (Å²) in [6.07, 6.45) is 7.33. The normalized spacial score (nSPS) is 16.4. The van der Waals surface area contributed by atoms with E-state index in [0.717, 1.165) is 45.1 Å². The molecule has 156 valence electrons. The molecule has 0 amide bonds. The lowest BCUT2D eigenvalue weighted by Crippen LogP contribution is -2.44. The number of rotatable bonds is 10. The number of thiazole rings is 1. The van der Waals surface area contributed by atoms with Crippen LogP contribution in [-0.2, 0) is 11.2 Å². The van der Waals surface area contributed by atoms with Crippen LogP contribution in [0, 0.1) is 5.41 Å². The average Bonchev–Trinajstić information content (AvgIpc) is 3.28. The van der Waals surface area contributed by atoms with Gasteiger partial charge in [0.05, 0.1) is 10.7 Å². The van der Waals surface area contributed by atoms with Crippen molar-refractivity contribution in [2.24, 2.45) is 10.4 Å². The maximum Gasteiger partial charge on any atom is 0.191 e. The lowest BCUT2D eigenvalue weighted by molar-refractivity contribution is 0.105. The molecule has 1 aliphatic carbocycles. The van der Waals surface area contributed by atoms with E-state index < -0.39 is 0 Å². The van der Waals surface area contributed by atoms with Gasteiger partial charge in [0.15, 0.2) is 5.96 Å². The SMILES string of the molecule is CCOCCC1(CNC(=NC)NCCc2csc(C(C)C)n2)CCCC1.I. The van der Waals surface area contributed by atoms with Gasteiger partial charge in [0.25, 0.3) is 0 Å². The minimum absolute atomic E-state index is 0. The number of aromatic nitrogens is 1. The van der Waals surface area contributed by atoms with E-state index in [9.17, 15) is 0 Å². The Morgan fingerprint density at radius 1 is 1.33 bits per heavy atom. The molecule has 2 rings (SSSR count). The van der Waals surface area contributed by atoms with Crippen molar-refractivity contribution in [1.82, 2.24) is 15.6 Å². The minimum Gasteiger partial charge on any atom is -0.382 e. The Kier molecular flexibility index (Phi) is 11.8. The van der Waals surface area contributed by atoms with Crippen molar-refractivity contribution in [3.8, 4) is 0 Å². The van der Waals surface area contributed by atoms with E-state index in [4.69, 9.17) is 9.72 Å². The average molecular weight is 509 g/mol. The zero-order valence-electron chi connectivity index (χ0n) is 17.3. The second kappa shape index (κ2) is 12.9. The Bertz CT molecular complexity index is 556. The van der Waals surface area contributed by atoms with E-state index >= 15 is 0 Å². The molecular weight excluding hydrogens is 471 g/mol. The lowest BCUT2D eigenvalue weighted by Gasteiger charge is -2.30. The number of nitrogens with one attached hydrogen (secondary N) is 2. The molecule has 1 aliphatic rings. The molecule has 0 aromatic carbocycles. The number of halogens is 1. The van der Waals surface area contributed by atoms with Crippen molar-refractivity contribution in [3.05, 3.63) is 16.1 Å². The van der Waals surface area contributed by atoms with Crippen molar-refractivity contribution in [1.29, 1.82) is 0 Å². The molecule has 0 aliphatic heterocycles. The summed E-state index contributed by atoms with van der Waals surface area (Å²) in [5.41, 5.74) is 1.54. The van der Waals surface area contributed by atoms with Gasteiger partial charge in [-0.3, -0.25) is 4.99 Å². The molecule has 7 heteroatoms. The molecule has 0 radical (unpaired) electrons. The molecule has 1 aromatic heterocycles. The van der Waals surface area contributed by atoms with E-state index in [0.29, 0.717) is 11.3 Å². The van der Waals surface area contributed by atoms with E-state index in [1.54, 1.807) is 11.3 Å². The highest BCUT2D eigenvalue weighted by atomic mass is 127. The third-order valence-corrected chi connectivity index (χ3v) is 6.43. The van der Waals surface area contributed by atoms with Gasteiger partial charge >= 0.3 is 0 Å². The zero-order chi connectivity index (χ0) is 18.8. The number of nitrogens with zero attached hydrogens (tertiary/aromatic N) is 2. The number of guanidine groups is 1. The molecule has 2 N–H and O–H groups in total. The monoisotopic (exact) mass is 508 g/mol. The van der Waals surface area contributed by atoms with E-state index in [-0.39, 0.29) is 24.0 Å². The van der Waals surface area contributed by atoms with Crippen molar-refractivity contribution in [3.63, 3.8) is 0 Å². The fourth-order valence-corrected chi connectivity index (χ4v) is 4.45. The van der Waals surface area contributed by atoms with Crippen LogP contribution < -0.4 is 10.6 Å². The highest BCUT2D eigenvalue weighted by Crippen LogP contribution is 2.40. The van der Waals surface area contributed by atoms with Gasteiger partial charge in [0.1, 0.15) is 0 Å². The highest BCUT2D eigenvalue weighted by Gasteiger charge is 2.33. The summed E-state index contributed by atoms with van der Waals surface area (Å²) in [7, 11) is 1.84. The quantitative estimate of drug-likeness (QED) is 0.210. The van der Waals surface area contributed by atoms with E-state index in [2.05, 4.69) is 41.8 Å². The van der Waals surface area contributed by atoms with Crippen LogP contribution >= 0.6 is 35.3 Å². The molecule has 1 heterocycles. The third kappa shape index (κ3) is 8.23. The summed E-state index contributed by atoms with van der Waals surface area (Å²) in [6, 6.07) is 0. The van der Waals surface area contributed by atoms with Gasteiger partial charge in [-0.25, -0.2) is 4.98 Å². The smallest absolute Gasteiger partial charge is 0.191 e. The lowest BCUT2D eigenvalue weighted by atomic mass is 9.83. The minimum atomic E-state index is 0. The molecule has 5 nitrogen and oxygen atoms in total. The van der Waals surface area contributed by atoms with E-state index in [1.807, 2.05) is 7.05 Å². The van der Waals surface area contributed by atoms with Crippen LogP contribution in [0.25, 0.3) is 0 Å². The first-order chi connectivity index (χ1) is 12.6. The van der Waals surface area contributed by atoms with Crippen molar-refractivity contribution >= 4 is 41.3 Å². The van der Waals surface area contributed by atoms with Crippen LogP contribution in [0.2, 0.25) is 0 Å². The van der Waals surface area contributed by atoms with Crippen molar-refractivity contribution < 1.29 is 4.74 Å². The molecule has 0 unspecified atom stereocenters. The molecule has 1 aromatic rings. The Morgan fingerprint density at radius 2 is 2.07 bits per heavy atom. The number of aliphatic imine (C=N–C) groups is 1. The fraction of sp³-hybridized carbons (Fsp3) is 0.800. The van der Waals surface area contributed by atoms with Crippen LogP contribution in [0.5, 0.6) is 0 Å². The topological polar surface area (TPSA) is 58.5 Å². The summed E-state index contributed by atoms with van der Waals surface area (Å²) in [6.45, 7) is 9.96. The molecule has 1 saturated carbocycles. The maximum absolute atomic E-state index is 5.61. The predicted molar refractivity (Wildman–Crippen MR) is 127 cm³/mol. The number of ether oxygens (including phenoxy) is 1. The van der Waals surface area contributed by atoms with Crippen molar-refractivity contribution in [2.75, 3.05) is 33.4 Å². The van der Waals surface area contributed by atoms with E-state index in [1.165, 1.54) is 36.4 Å². The number of hydrogen-bond acceptors (Lipinski definition) is 4. The van der Waals surface area contributed by atoms with Gasteiger partial charge < -0.3 is 15.4 Å². The Balaban J connectivity index is 0.00000364. The van der Waals surface area contributed by atoms with Gasteiger partial charge in [0.2, 0.25) is 0 Å². The van der Waals surface area contributed by atoms with Gasteiger partial charge in [0, 0.05) is 51.1 Å². The first-order valence-electron chi connectivity index (χ1n) is 10.0. The van der Waals surface area contributed by atoms with Crippen LogP contribution in [0.15, 0.2) is 10.4 Å². The largest absolute Gasteiger partial charge is 0.382 e. The zero-order valence-corrected chi connectivity index (χ0v) is 20.5. The maximum atomic E-state index is 5.61. The molecule has 0 bridgehead atoms. The Hall–Kier alpha value is -0.410. The fourth-order valence-electron chi connectivity index (χ4n) is 3.58. The molecule has 0 atom stereocenters. The second-order valence-corrected chi connectivity index (χ2v) is 8.48. The second-order valence-electron chi connectivity index (χ2n) is 7.59. The third-order valence-electron chi connectivity index (χ3n) is 5.24. The van der Waals surface area contributed by atoms with Crippen LogP contribution in [0.1, 0.15) is 69.5 Å². The van der Waals surface area contributed by atoms with Gasteiger partial charge in [-0.05, 0) is 31.6 Å². The summed E-state index contributed by atoms with van der Waals surface area (Å²) in [4.78, 5) is 9.09. The molecular formula is C20H37IN4OS.